The number of halogens is 1. The number of hydrogen-bond donors (Lipinski definition) is 5. The average Bonchev–Trinajstić information content (AvgIpc) is 2.95. The smallest absolute Gasteiger partial charge is 0.255 e. The van der Waals surface area contributed by atoms with Gasteiger partial charge in [0.1, 0.15) is 22.8 Å². The van der Waals surface area contributed by atoms with Crippen molar-refractivity contribution in [1.29, 1.82) is 0 Å². The topological polar surface area (TPSA) is 165 Å². The summed E-state index contributed by atoms with van der Waals surface area (Å²) in [6.07, 6.45) is 7.71. The molecule has 1 amide bonds. The molecule has 5 rings (SSSR count). The Morgan fingerprint density at radius 1 is 1.14 bits per heavy atom. The molecule has 0 saturated heterocycles. The lowest BCUT2D eigenvalue weighted by Gasteiger charge is -2.50. The quantitative estimate of drug-likeness (QED) is 0.276. The van der Waals surface area contributed by atoms with Crippen LogP contribution in [0.2, 0.25) is 5.02 Å². The molecule has 0 bridgehead atoms. The van der Waals surface area contributed by atoms with E-state index in [0.717, 1.165) is 25.4 Å². The first-order valence-corrected chi connectivity index (χ1v) is 15.6. The number of fused-ring (bicyclic) bond motifs is 3. The van der Waals surface area contributed by atoms with E-state index in [1.807, 2.05) is 0 Å². The molecule has 10 nitrogen and oxygen atoms in total. The molecule has 234 valence electrons. The lowest BCUT2D eigenvalue weighted by Crippen LogP contribution is -2.65. The molecule has 11 heteroatoms. The Labute approximate surface area is 256 Å². The molecule has 0 spiro atoms. The zero-order chi connectivity index (χ0) is 31.4. The van der Waals surface area contributed by atoms with E-state index in [4.69, 9.17) is 17.3 Å². The number of nitrogens with two attached hydrogens (primary N) is 1. The number of carbonyl (C=O) groups is 3. The maximum Gasteiger partial charge on any atom is 0.255 e. The molecule has 0 aromatic heterocycles. The van der Waals surface area contributed by atoms with Gasteiger partial charge in [0.2, 0.25) is 5.78 Å². The number of hydrogen-bond acceptors (Lipinski definition) is 9. The monoisotopic (exact) mass is 615 g/mol. The Morgan fingerprint density at radius 3 is 2.42 bits per heavy atom. The van der Waals surface area contributed by atoms with Crippen molar-refractivity contribution in [2.24, 2.45) is 23.5 Å². The number of ketones is 2. The SMILES string of the molecule is CCN(CCC1CCCCC1)Cc1cc(O)c2c(c1Cl)C[C@H]1C[C@H]3[C@H](N(C)C)C(=O)C(C(N)=O)=C(O)[C@@]3(O)C(=O)C1=C2O. The molecule has 0 aliphatic heterocycles. The highest BCUT2D eigenvalue weighted by molar-refractivity contribution is 6.32. The van der Waals surface area contributed by atoms with E-state index in [0.29, 0.717) is 22.7 Å². The van der Waals surface area contributed by atoms with Crippen LogP contribution < -0.4 is 5.73 Å². The van der Waals surface area contributed by atoms with E-state index in [1.165, 1.54) is 43.1 Å². The zero-order valence-electron chi connectivity index (χ0n) is 25.0. The fourth-order valence-electron chi connectivity index (χ4n) is 7.89. The summed E-state index contributed by atoms with van der Waals surface area (Å²) < 4.78 is 0. The number of carbonyl (C=O) groups excluding carboxylic acids is 3. The van der Waals surface area contributed by atoms with Gasteiger partial charge >= 0.3 is 0 Å². The van der Waals surface area contributed by atoms with E-state index in [9.17, 15) is 34.8 Å². The summed E-state index contributed by atoms with van der Waals surface area (Å²) in [6, 6.07) is 0.381. The lowest BCUT2D eigenvalue weighted by atomic mass is 9.57. The zero-order valence-corrected chi connectivity index (χ0v) is 25.8. The highest BCUT2D eigenvalue weighted by atomic mass is 35.5. The third kappa shape index (κ3) is 5.16. The first kappa shape index (κ1) is 31.5. The molecule has 43 heavy (non-hydrogen) atoms. The van der Waals surface area contributed by atoms with Crippen molar-refractivity contribution in [3.05, 3.63) is 44.7 Å². The third-order valence-corrected chi connectivity index (χ3v) is 10.6. The minimum atomic E-state index is -2.66. The Hall–Kier alpha value is -2.92. The second-order valence-corrected chi connectivity index (χ2v) is 13.2. The molecular formula is C32H42ClN3O7. The number of likely N-dealkylation sites (N-methyl/N-ethyl adjacent to an activating group) is 1. The van der Waals surface area contributed by atoms with E-state index < -0.39 is 58.0 Å². The van der Waals surface area contributed by atoms with Crippen molar-refractivity contribution in [1.82, 2.24) is 9.80 Å². The first-order valence-electron chi connectivity index (χ1n) is 15.2. The van der Waals surface area contributed by atoms with Crippen LogP contribution in [0.1, 0.15) is 68.6 Å². The number of primary amides is 1. The standard InChI is InChI=1S/C32H42ClN3O7/c1-4-36(11-10-16-8-6-5-7-9-16)15-18-14-21(37)23-19(25(18)33)12-17-13-20-26(35(2)3)28(39)24(31(34)42)30(41)32(20,43)29(40)22(17)27(23)38/h14,16-17,20,26,37-38,41,43H,4-13,15H2,1-3H3,(H2,34,42)/t17-,20-,26-,32-/m0/s1. The molecule has 2 fully saturated rings. The molecular weight excluding hydrogens is 574 g/mol. The van der Waals surface area contributed by atoms with Gasteiger partial charge in [-0.25, -0.2) is 0 Å². The molecule has 0 heterocycles. The van der Waals surface area contributed by atoms with Gasteiger partial charge in [-0.3, -0.25) is 24.2 Å². The third-order valence-electron chi connectivity index (χ3n) is 10.1. The van der Waals surface area contributed by atoms with Crippen molar-refractivity contribution in [2.75, 3.05) is 27.2 Å². The number of phenols is 1. The minimum Gasteiger partial charge on any atom is -0.508 e. The van der Waals surface area contributed by atoms with Gasteiger partial charge in [0.15, 0.2) is 11.4 Å². The highest BCUT2D eigenvalue weighted by Crippen LogP contribution is 2.53. The van der Waals surface area contributed by atoms with Crippen molar-refractivity contribution in [3.63, 3.8) is 0 Å². The lowest BCUT2D eigenvalue weighted by molar-refractivity contribution is -0.153. The number of amides is 1. The normalized spacial score (nSPS) is 27.9. The predicted octanol–water partition coefficient (Wildman–Crippen LogP) is 3.41. The van der Waals surface area contributed by atoms with Crippen molar-refractivity contribution in [3.8, 4) is 5.75 Å². The Balaban J connectivity index is 1.52. The minimum absolute atomic E-state index is 0.00953. The van der Waals surface area contributed by atoms with Crippen LogP contribution in [0.15, 0.2) is 23.0 Å². The maximum absolute atomic E-state index is 14.0. The Morgan fingerprint density at radius 2 is 1.81 bits per heavy atom. The Kier molecular flexibility index (Phi) is 8.70. The van der Waals surface area contributed by atoms with Gasteiger partial charge in [0, 0.05) is 23.1 Å². The predicted molar refractivity (Wildman–Crippen MR) is 161 cm³/mol. The molecule has 0 radical (unpaired) electrons. The second kappa shape index (κ2) is 11.9. The number of phenolic OH excluding ortho intramolecular Hbond substituents is 1. The van der Waals surface area contributed by atoms with Crippen LogP contribution >= 0.6 is 11.6 Å². The first-order chi connectivity index (χ1) is 20.3. The van der Waals surface area contributed by atoms with Gasteiger partial charge in [-0.15, -0.1) is 0 Å². The fourth-order valence-corrected chi connectivity index (χ4v) is 8.18. The van der Waals surface area contributed by atoms with Crippen LogP contribution in [0, 0.1) is 17.8 Å². The van der Waals surface area contributed by atoms with Crippen LogP contribution in [-0.2, 0) is 27.3 Å². The summed E-state index contributed by atoms with van der Waals surface area (Å²) in [5.74, 6) is -6.03. The van der Waals surface area contributed by atoms with Gasteiger partial charge in [0.25, 0.3) is 5.91 Å². The molecule has 4 atom stereocenters. The molecule has 2 saturated carbocycles. The number of benzene rings is 1. The van der Waals surface area contributed by atoms with E-state index >= 15 is 0 Å². The number of rotatable bonds is 8. The van der Waals surface area contributed by atoms with Crippen molar-refractivity contribution in [2.45, 2.75) is 76.5 Å². The second-order valence-electron chi connectivity index (χ2n) is 12.8. The van der Waals surface area contributed by atoms with Crippen LogP contribution in [0.25, 0.3) is 5.76 Å². The number of aliphatic hydroxyl groups is 3. The summed E-state index contributed by atoms with van der Waals surface area (Å²) in [6.45, 7) is 4.31. The van der Waals surface area contributed by atoms with Crippen LogP contribution in [0.5, 0.6) is 5.75 Å². The van der Waals surface area contributed by atoms with Gasteiger partial charge in [0.05, 0.1) is 11.6 Å². The van der Waals surface area contributed by atoms with Crippen LogP contribution in [0.3, 0.4) is 0 Å². The van der Waals surface area contributed by atoms with Crippen LogP contribution in [-0.4, -0.2) is 86.5 Å². The summed E-state index contributed by atoms with van der Waals surface area (Å²) >= 11 is 6.96. The molecule has 4 aliphatic rings. The number of Topliss-reactive ketones (excluding diaryl/α,β-unsaturated/α-hetero) is 2. The largest absolute Gasteiger partial charge is 0.508 e. The van der Waals surface area contributed by atoms with Gasteiger partial charge in [-0.2, -0.15) is 0 Å². The van der Waals surface area contributed by atoms with Crippen molar-refractivity contribution < 1.29 is 34.8 Å². The number of nitrogens with zero attached hydrogens (tertiary/aromatic N) is 2. The number of aliphatic hydroxyl groups excluding tert-OH is 2. The van der Waals surface area contributed by atoms with Crippen molar-refractivity contribution >= 4 is 34.8 Å². The molecule has 1 aromatic rings. The van der Waals surface area contributed by atoms with E-state index in [-0.39, 0.29) is 29.7 Å². The van der Waals surface area contributed by atoms with Crippen LogP contribution in [0.4, 0.5) is 0 Å². The van der Waals surface area contributed by atoms with E-state index in [2.05, 4.69) is 11.8 Å². The molecule has 6 N–H and O–H groups in total. The van der Waals surface area contributed by atoms with Gasteiger partial charge < -0.3 is 26.2 Å². The fraction of sp³-hybridized carbons (Fsp3) is 0.594. The summed E-state index contributed by atoms with van der Waals surface area (Å²) in [7, 11) is 3.14. The summed E-state index contributed by atoms with van der Waals surface area (Å²) in [5.41, 5.74) is 2.91. The van der Waals surface area contributed by atoms with Gasteiger partial charge in [-0.1, -0.05) is 50.6 Å². The average molecular weight is 616 g/mol. The molecule has 1 aromatic carbocycles. The maximum atomic E-state index is 14.0. The summed E-state index contributed by atoms with van der Waals surface area (Å²) in [4.78, 5) is 43.2. The number of aromatic hydroxyl groups is 1. The molecule has 0 unspecified atom stereocenters. The highest BCUT2D eigenvalue weighted by Gasteiger charge is 2.64. The summed E-state index contributed by atoms with van der Waals surface area (Å²) in [5, 5.41) is 45.7. The Bertz CT molecular complexity index is 1410. The van der Waals surface area contributed by atoms with Gasteiger partial charge in [-0.05, 0) is 75.5 Å². The van der Waals surface area contributed by atoms with E-state index in [1.54, 1.807) is 14.1 Å². The molecule has 4 aliphatic carbocycles.